The molecule has 1 atom stereocenters. The van der Waals surface area contributed by atoms with Gasteiger partial charge < -0.3 is 10.6 Å². The summed E-state index contributed by atoms with van der Waals surface area (Å²) in [6, 6.07) is 14.1. The van der Waals surface area contributed by atoms with Crippen molar-refractivity contribution >= 4 is 54.0 Å². The molecule has 1 fully saturated rings. The van der Waals surface area contributed by atoms with Crippen LogP contribution < -0.4 is 10.6 Å². The molecule has 2 N–H and O–H groups in total. The van der Waals surface area contributed by atoms with Crippen LogP contribution in [0.15, 0.2) is 48.5 Å². The Morgan fingerprint density at radius 2 is 1.77 bits per heavy atom. The summed E-state index contributed by atoms with van der Waals surface area (Å²) in [7, 11) is -3.06. The second-order valence-corrected chi connectivity index (χ2v) is 10.7. The highest BCUT2D eigenvalue weighted by Gasteiger charge is 2.32. The summed E-state index contributed by atoms with van der Waals surface area (Å²) >= 11 is 1.32. The first kappa shape index (κ1) is 21.4. The van der Waals surface area contributed by atoms with Crippen LogP contribution in [0.3, 0.4) is 0 Å². The van der Waals surface area contributed by atoms with Crippen LogP contribution >= 0.6 is 11.3 Å². The molecule has 1 saturated heterocycles. The zero-order chi connectivity index (χ0) is 22.0. The van der Waals surface area contributed by atoms with Crippen LogP contribution in [0.4, 0.5) is 10.8 Å². The van der Waals surface area contributed by atoms with Crippen molar-refractivity contribution in [3.05, 3.63) is 54.1 Å². The number of anilines is 2. The smallest absolute Gasteiger partial charge is 0.248 e. The molecule has 1 unspecified atom stereocenters. The van der Waals surface area contributed by atoms with Crippen LogP contribution in [-0.4, -0.2) is 54.7 Å². The van der Waals surface area contributed by atoms with Gasteiger partial charge in [0.15, 0.2) is 15.0 Å². The fourth-order valence-electron chi connectivity index (χ4n) is 3.58. The van der Waals surface area contributed by atoms with Crippen LogP contribution in [0.25, 0.3) is 10.2 Å². The van der Waals surface area contributed by atoms with Gasteiger partial charge in [0.2, 0.25) is 11.8 Å². The molecule has 162 valence electrons. The molecule has 0 aliphatic carbocycles. The third-order valence-electron chi connectivity index (χ3n) is 5.05. The third kappa shape index (κ3) is 5.09. The topological polar surface area (TPSA) is 108 Å². The Kier molecular flexibility index (Phi) is 6.03. The van der Waals surface area contributed by atoms with Gasteiger partial charge >= 0.3 is 0 Å². The summed E-state index contributed by atoms with van der Waals surface area (Å²) in [6.07, 6.45) is 0. The zero-order valence-electron chi connectivity index (χ0n) is 16.9. The lowest BCUT2D eigenvalue weighted by Gasteiger charge is -2.33. The van der Waals surface area contributed by atoms with E-state index in [4.69, 9.17) is 0 Å². The Labute approximate surface area is 184 Å². The van der Waals surface area contributed by atoms with E-state index in [-0.39, 0.29) is 23.3 Å². The number of rotatable bonds is 5. The van der Waals surface area contributed by atoms with Crippen molar-refractivity contribution in [2.24, 2.45) is 0 Å². The van der Waals surface area contributed by atoms with Crippen LogP contribution in [0, 0.1) is 0 Å². The van der Waals surface area contributed by atoms with E-state index in [0.717, 1.165) is 15.8 Å². The van der Waals surface area contributed by atoms with Gasteiger partial charge in [-0.05, 0) is 23.8 Å². The summed E-state index contributed by atoms with van der Waals surface area (Å²) in [6.45, 7) is 2.04. The van der Waals surface area contributed by atoms with E-state index < -0.39 is 15.9 Å². The number of carbonyl (C=O) groups excluding carboxylic acids is 2. The predicted octanol–water partition coefficient (Wildman–Crippen LogP) is 2.66. The van der Waals surface area contributed by atoms with Gasteiger partial charge in [0.05, 0.1) is 21.7 Å². The number of benzene rings is 2. The first-order valence-electron chi connectivity index (χ1n) is 9.79. The number of aromatic nitrogens is 1. The molecular formula is C21H22N4O4S2. The Bertz CT molecular complexity index is 1210. The second kappa shape index (κ2) is 8.74. The maximum absolute atomic E-state index is 13.3. The molecule has 0 bridgehead atoms. The lowest BCUT2D eigenvalue weighted by Crippen LogP contribution is -2.46. The van der Waals surface area contributed by atoms with Gasteiger partial charge in [-0.2, -0.15) is 0 Å². The summed E-state index contributed by atoms with van der Waals surface area (Å²) in [5, 5.41) is 6.08. The van der Waals surface area contributed by atoms with Gasteiger partial charge in [-0.15, -0.1) is 0 Å². The van der Waals surface area contributed by atoms with Crippen molar-refractivity contribution in [1.29, 1.82) is 0 Å². The van der Waals surface area contributed by atoms with Gasteiger partial charge in [0.25, 0.3) is 0 Å². The Morgan fingerprint density at radius 1 is 1.06 bits per heavy atom. The van der Waals surface area contributed by atoms with E-state index in [2.05, 4.69) is 15.6 Å². The molecule has 1 aliphatic heterocycles. The number of hydrogen-bond donors (Lipinski definition) is 2. The number of nitrogens with zero attached hydrogens (tertiary/aromatic N) is 2. The molecule has 1 aromatic heterocycles. The summed E-state index contributed by atoms with van der Waals surface area (Å²) < 4.78 is 24.5. The van der Waals surface area contributed by atoms with Gasteiger partial charge in [0, 0.05) is 25.7 Å². The molecule has 1 aliphatic rings. The van der Waals surface area contributed by atoms with Crippen molar-refractivity contribution in [2.75, 3.05) is 35.2 Å². The number of nitrogens with one attached hydrogen (secondary N) is 2. The van der Waals surface area contributed by atoms with Gasteiger partial charge in [0.1, 0.15) is 6.04 Å². The highest BCUT2D eigenvalue weighted by molar-refractivity contribution is 7.91. The maximum atomic E-state index is 13.3. The third-order valence-corrected chi connectivity index (χ3v) is 7.59. The monoisotopic (exact) mass is 458 g/mol. The van der Waals surface area contributed by atoms with Crippen LogP contribution in [0.1, 0.15) is 18.5 Å². The molecule has 2 heterocycles. The van der Waals surface area contributed by atoms with Crippen molar-refractivity contribution in [1.82, 2.24) is 9.88 Å². The van der Waals surface area contributed by atoms with E-state index in [9.17, 15) is 18.0 Å². The number of fused-ring (bicyclic) bond motifs is 1. The lowest BCUT2D eigenvalue weighted by molar-refractivity contribution is -0.121. The number of hydrogen-bond acceptors (Lipinski definition) is 7. The molecule has 2 amide bonds. The molecular weight excluding hydrogens is 436 g/mol. The lowest BCUT2D eigenvalue weighted by atomic mass is 10.0. The molecule has 0 spiro atoms. The minimum atomic E-state index is -3.06. The fourth-order valence-corrected chi connectivity index (χ4v) is 5.72. The van der Waals surface area contributed by atoms with Gasteiger partial charge in [-0.1, -0.05) is 41.7 Å². The normalized spacial score (nSPS) is 17.2. The minimum absolute atomic E-state index is 0.0384. The van der Waals surface area contributed by atoms with Crippen molar-refractivity contribution in [2.45, 2.75) is 13.0 Å². The van der Waals surface area contributed by atoms with Crippen molar-refractivity contribution < 1.29 is 18.0 Å². The summed E-state index contributed by atoms with van der Waals surface area (Å²) in [5.74, 6) is -0.342. The van der Waals surface area contributed by atoms with Crippen LogP contribution in [0.5, 0.6) is 0 Å². The minimum Gasteiger partial charge on any atom is -0.326 e. The zero-order valence-corrected chi connectivity index (χ0v) is 18.5. The summed E-state index contributed by atoms with van der Waals surface area (Å²) in [5.41, 5.74) is 2.18. The number of carbonyl (C=O) groups is 2. The van der Waals surface area contributed by atoms with E-state index >= 15 is 0 Å². The van der Waals surface area contributed by atoms with E-state index in [1.807, 2.05) is 41.3 Å². The standard InChI is InChI=1S/C21H22N4O4S2/c1-14(26)22-16-7-8-17-18(13-16)30-21(23-17)24-20(27)19(15-5-3-2-4-6-15)25-9-11-31(28,29)12-10-25/h2-8,13,19H,9-12H2,1H3,(H,22,26)(H,23,24,27). The first-order chi connectivity index (χ1) is 14.8. The van der Waals surface area contributed by atoms with E-state index in [1.165, 1.54) is 18.3 Å². The number of sulfone groups is 1. The van der Waals surface area contributed by atoms with Crippen LogP contribution in [0.2, 0.25) is 0 Å². The average molecular weight is 459 g/mol. The van der Waals surface area contributed by atoms with Gasteiger partial charge in [-0.25, -0.2) is 13.4 Å². The Morgan fingerprint density at radius 3 is 2.45 bits per heavy atom. The quantitative estimate of drug-likeness (QED) is 0.609. The summed E-state index contributed by atoms with van der Waals surface area (Å²) in [4.78, 5) is 30.9. The average Bonchev–Trinajstić information content (AvgIpc) is 3.11. The molecule has 2 aromatic carbocycles. The second-order valence-electron chi connectivity index (χ2n) is 7.37. The van der Waals surface area contributed by atoms with Crippen molar-refractivity contribution in [3.8, 4) is 0 Å². The maximum Gasteiger partial charge on any atom is 0.248 e. The molecule has 31 heavy (non-hydrogen) atoms. The van der Waals surface area contributed by atoms with E-state index in [1.54, 1.807) is 12.1 Å². The molecule has 0 radical (unpaired) electrons. The highest BCUT2D eigenvalue weighted by atomic mass is 32.2. The number of amides is 2. The first-order valence-corrected chi connectivity index (χ1v) is 12.4. The molecule has 0 saturated carbocycles. The van der Waals surface area contributed by atoms with E-state index in [0.29, 0.717) is 23.9 Å². The Hall–Kier alpha value is -2.82. The molecule has 3 aromatic rings. The fraction of sp³-hybridized carbons (Fsp3) is 0.286. The highest BCUT2D eigenvalue weighted by Crippen LogP contribution is 2.30. The van der Waals surface area contributed by atoms with Crippen molar-refractivity contribution in [3.63, 3.8) is 0 Å². The van der Waals surface area contributed by atoms with Gasteiger partial charge in [-0.3, -0.25) is 14.5 Å². The number of thiazole rings is 1. The predicted molar refractivity (Wildman–Crippen MR) is 122 cm³/mol. The SMILES string of the molecule is CC(=O)Nc1ccc2nc(NC(=O)C(c3ccccc3)N3CCS(=O)(=O)CC3)sc2c1. The molecule has 4 rings (SSSR count). The molecule has 10 heteroatoms. The largest absolute Gasteiger partial charge is 0.326 e. The Balaban J connectivity index is 1.58. The molecule has 8 nitrogen and oxygen atoms in total. The van der Waals surface area contributed by atoms with Crippen LogP contribution in [-0.2, 0) is 19.4 Å².